The van der Waals surface area contributed by atoms with Crippen molar-refractivity contribution in [3.8, 4) is 11.3 Å². The van der Waals surface area contributed by atoms with E-state index >= 15 is 0 Å². The second-order valence-corrected chi connectivity index (χ2v) is 5.77. The third kappa shape index (κ3) is 3.61. The molecule has 0 bridgehead atoms. The lowest BCUT2D eigenvalue weighted by atomic mass is 10.1. The molecule has 1 aromatic heterocycles. The second-order valence-electron chi connectivity index (χ2n) is 5.34. The van der Waals surface area contributed by atoms with Gasteiger partial charge in [0.15, 0.2) is 0 Å². The van der Waals surface area contributed by atoms with Crippen molar-refractivity contribution in [3.63, 3.8) is 0 Å². The number of nitrogens with two attached hydrogens (primary N) is 1. The van der Waals surface area contributed by atoms with Crippen LogP contribution in [-0.2, 0) is 6.54 Å². The molecule has 0 aliphatic rings. The number of aromatic nitrogens is 3. The Kier molecular flexibility index (Phi) is 4.59. The number of benzene rings is 2. The number of halogens is 1. The Morgan fingerprint density at radius 2 is 2.00 bits per heavy atom. The van der Waals surface area contributed by atoms with Crippen molar-refractivity contribution in [2.75, 3.05) is 0 Å². The van der Waals surface area contributed by atoms with Gasteiger partial charge >= 0.3 is 0 Å². The molecule has 0 saturated carbocycles. The fourth-order valence-corrected chi connectivity index (χ4v) is 2.45. The van der Waals surface area contributed by atoms with Crippen LogP contribution >= 0.6 is 11.6 Å². The summed E-state index contributed by atoms with van der Waals surface area (Å²) in [6.07, 6.45) is 0.980. The first kappa shape index (κ1) is 16.2. The van der Waals surface area contributed by atoms with Crippen molar-refractivity contribution in [2.24, 2.45) is 5.73 Å². The summed E-state index contributed by atoms with van der Waals surface area (Å²) >= 11 is 5.84. The fraction of sp³-hybridized carbons (Fsp3) is 0.118. The largest absolute Gasteiger partial charge is 0.386 e. The molecule has 3 rings (SSSR count). The standard InChI is InChI=1S/C17H15ClN4O2/c18-14-6-4-11(5-7-14)16(23)10-22-9-15(20-21-22)12-2-1-3-13(8-12)17(19)24/h1-9,16,23H,10H2,(H2,19,24)/t16-/m0/s1. The van der Waals surface area contributed by atoms with Crippen LogP contribution in [0.25, 0.3) is 11.3 Å². The number of hydrogen-bond donors (Lipinski definition) is 2. The van der Waals surface area contributed by atoms with Crippen molar-refractivity contribution in [1.29, 1.82) is 0 Å². The second kappa shape index (κ2) is 6.82. The van der Waals surface area contributed by atoms with E-state index in [0.717, 1.165) is 11.1 Å². The first-order chi connectivity index (χ1) is 11.5. The molecular weight excluding hydrogens is 328 g/mol. The molecule has 0 saturated heterocycles. The van der Waals surface area contributed by atoms with Crippen LogP contribution in [0.2, 0.25) is 5.02 Å². The van der Waals surface area contributed by atoms with Gasteiger partial charge in [-0.15, -0.1) is 5.10 Å². The zero-order valence-electron chi connectivity index (χ0n) is 12.6. The topological polar surface area (TPSA) is 94.0 Å². The Bertz CT molecular complexity index is 861. The van der Waals surface area contributed by atoms with Gasteiger partial charge in [0.1, 0.15) is 5.69 Å². The average molecular weight is 343 g/mol. The van der Waals surface area contributed by atoms with E-state index in [4.69, 9.17) is 17.3 Å². The highest BCUT2D eigenvalue weighted by Crippen LogP contribution is 2.20. The van der Waals surface area contributed by atoms with Crippen LogP contribution in [0.15, 0.2) is 54.7 Å². The van der Waals surface area contributed by atoms with Gasteiger partial charge in [-0.05, 0) is 29.8 Å². The number of carbonyl (C=O) groups is 1. The molecule has 0 unspecified atom stereocenters. The Morgan fingerprint density at radius 1 is 1.25 bits per heavy atom. The van der Waals surface area contributed by atoms with Crippen molar-refractivity contribution in [2.45, 2.75) is 12.6 Å². The van der Waals surface area contributed by atoms with Crippen LogP contribution in [0.1, 0.15) is 22.0 Å². The molecule has 0 radical (unpaired) electrons. The van der Waals surface area contributed by atoms with E-state index in [-0.39, 0.29) is 6.54 Å². The highest BCUT2D eigenvalue weighted by molar-refractivity contribution is 6.30. The highest BCUT2D eigenvalue weighted by atomic mass is 35.5. The van der Waals surface area contributed by atoms with E-state index in [9.17, 15) is 9.90 Å². The third-order valence-corrected chi connectivity index (χ3v) is 3.85. The molecule has 3 aromatic rings. The number of hydrogen-bond acceptors (Lipinski definition) is 4. The summed E-state index contributed by atoms with van der Waals surface area (Å²) in [4.78, 5) is 11.3. The lowest BCUT2D eigenvalue weighted by molar-refractivity contribution is 0.100. The normalized spacial score (nSPS) is 12.1. The van der Waals surface area contributed by atoms with Crippen LogP contribution in [0.3, 0.4) is 0 Å². The van der Waals surface area contributed by atoms with Crippen molar-refractivity contribution < 1.29 is 9.90 Å². The lowest BCUT2D eigenvalue weighted by Gasteiger charge is -2.10. The van der Waals surface area contributed by atoms with E-state index in [1.54, 1.807) is 53.3 Å². The molecule has 1 heterocycles. The summed E-state index contributed by atoms with van der Waals surface area (Å²) in [5.41, 5.74) is 7.77. The lowest BCUT2D eigenvalue weighted by Crippen LogP contribution is -2.10. The number of carbonyl (C=O) groups excluding carboxylic acids is 1. The van der Waals surface area contributed by atoms with E-state index in [1.165, 1.54) is 0 Å². The quantitative estimate of drug-likeness (QED) is 0.744. The van der Waals surface area contributed by atoms with E-state index in [1.807, 2.05) is 6.07 Å². The minimum atomic E-state index is -0.728. The predicted molar refractivity (Wildman–Crippen MR) is 90.4 cm³/mol. The minimum absolute atomic E-state index is 0.254. The van der Waals surface area contributed by atoms with Gasteiger partial charge < -0.3 is 10.8 Å². The Labute approximate surface area is 143 Å². The van der Waals surface area contributed by atoms with E-state index in [2.05, 4.69) is 10.3 Å². The maximum Gasteiger partial charge on any atom is 0.248 e. The van der Waals surface area contributed by atoms with Crippen LogP contribution < -0.4 is 5.73 Å². The van der Waals surface area contributed by atoms with Gasteiger partial charge in [-0.2, -0.15) is 0 Å². The highest BCUT2D eigenvalue weighted by Gasteiger charge is 2.11. The van der Waals surface area contributed by atoms with Gasteiger partial charge in [-0.1, -0.05) is 41.1 Å². The zero-order valence-corrected chi connectivity index (χ0v) is 13.4. The summed E-state index contributed by atoms with van der Waals surface area (Å²) < 4.78 is 1.55. The van der Waals surface area contributed by atoms with Gasteiger partial charge in [0.2, 0.25) is 5.91 Å². The summed E-state index contributed by atoms with van der Waals surface area (Å²) in [6.45, 7) is 0.254. The Morgan fingerprint density at radius 3 is 2.71 bits per heavy atom. The molecule has 3 N–H and O–H groups in total. The molecule has 0 aliphatic carbocycles. The molecule has 1 amide bonds. The van der Waals surface area contributed by atoms with Gasteiger partial charge in [-0.25, -0.2) is 4.68 Å². The van der Waals surface area contributed by atoms with Crippen molar-refractivity contribution >= 4 is 17.5 Å². The van der Waals surface area contributed by atoms with Crippen molar-refractivity contribution in [3.05, 3.63) is 70.9 Å². The number of rotatable bonds is 5. The molecule has 1 atom stereocenters. The first-order valence-corrected chi connectivity index (χ1v) is 7.64. The number of primary amides is 1. The van der Waals surface area contributed by atoms with Crippen LogP contribution in [0.5, 0.6) is 0 Å². The van der Waals surface area contributed by atoms with Gasteiger partial charge in [0.05, 0.1) is 18.8 Å². The Balaban J connectivity index is 1.77. The summed E-state index contributed by atoms with van der Waals surface area (Å²) in [7, 11) is 0. The van der Waals surface area contributed by atoms with Gasteiger partial charge in [-0.3, -0.25) is 4.79 Å². The summed E-state index contributed by atoms with van der Waals surface area (Å²) in [5, 5.41) is 19.0. The molecule has 24 heavy (non-hydrogen) atoms. The summed E-state index contributed by atoms with van der Waals surface area (Å²) in [6, 6.07) is 13.8. The molecule has 0 aliphatic heterocycles. The SMILES string of the molecule is NC(=O)c1cccc(-c2cn(C[C@H](O)c3ccc(Cl)cc3)nn2)c1. The predicted octanol–water partition coefficient (Wildman–Crippen LogP) is 2.43. The molecule has 2 aromatic carbocycles. The minimum Gasteiger partial charge on any atom is -0.386 e. The third-order valence-electron chi connectivity index (χ3n) is 3.60. The zero-order chi connectivity index (χ0) is 17.1. The first-order valence-electron chi connectivity index (χ1n) is 7.27. The number of nitrogens with zero attached hydrogens (tertiary/aromatic N) is 3. The smallest absolute Gasteiger partial charge is 0.248 e. The maximum atomic E-state index is 11.3. The Hall–Kier alpha value is -2.70. The number of aliphatic hydroxyl groups is 1. The fourth-order valence-electron chi connectivity index (χ4n) is 2.32. The monoisotopic (exact) mass is 342 g/mol. The average Bonchev–Trinajstić information content (AvgIpc) is 3.04. The number of amides is 1. The van der Waals surface area contributed by atoms with Crippen LogP contribution in [0, 0.1) is 0 Å². The van der Waals surface area contributed by atoms with E-state index in [0.29, 0.717) is 16.3 Å². The molecule has 7 heteroatoms. The molecule has 0 fully saturated rings. The number of aliphatic hydroxyl groups excluding tert-OH is 1. The van der Waals surface area contributed by atoms with Crippen LogP contribution in [-0.4, -0.2) is 26.0 Å². The molecular formula is C17H15ClN4O2. The maximum absolute atomic E-state index is 11.3. The summed E-state index contributed by atoms with van der Waals surface area (Å²) in [5.74, 6) is -0.498. The molecule has 0 spiro atoms. The van der Waals surface area contributed by atoms with Crippen LogP contribution in [0.4, 0.5) is 0 Å². The van der Waals surface area contributed by atoms with Crippen molar-refractivity contribution in [1.82, 2.24) is 15.0 Å². The van der Waals surface area contributed by atoms with Gasteiger partial charge in [0.25, 0.3) is 0 Å². The van der Waals surface area contributed by atoms with Gasteiger partial charge in [0, 0.05) is 16.1 Å². The van der Waals surface area contributed by atoms with E-state index < -0.39 is 12.0 Å². The molecule has 6 nitrogen and oxygen atoms in total. The molecule has 122 valence electrons.